The van der Waals surface area contributed by atoms with Gasteiger partial charge in [-0.2, -0.15) is 5.10 Å². The Balaban J connectivity index is 2.52. The van der Waals surface area contributed by atoms with Gasteiger partial charge >= 0.3 is 0 Å². The van der Waals surface area contributed by atoms with Gasteiger partial charge in [-0.1, -0.05) is 12.1 Å². The van der Waals surface area contributed by atoms with Crippen LogP contribution in [0, 0.1) is 13.8 Å². The molecule has 5 nitrogen and oxygen atoms in total. The smallest absolute Gasteiger partial charge is 0.127 e. The van der Waals surface area contributed by atoms with Gasteiger partial charge in [0.05, 0.1) is 19.3 Å². The van der Waals surface area contributed by atoms with E-state index in [1.165, 1.54) is 5.56 Å². The van der Waals surface area contributed by atoms with Crippen LogP contribution >= 0.6 is 0 Å². The summed E-state index contributed by atoms with van der Waals surface area (Å²) in [4.78, 5) is 0. The van der Waals surface area contributed by atoms with Crippen LogP contribution in [0.4, 0.5) is 0 Å². The first kappa shape index (κ1) is 13.6. The van der Waals surface area contributed by atoms with Gasteiger partial charge in [0.25, 0.3) is 0 Å². The molecule has 0 aliphatic heterocycles. The lowest BCUT2D eigenvalue weighted by atomic mass is 9.96. The van der Waals surface area contributed by atoms with E-state index in [4.69, 9.17) is 10.6 Å². The summed E-state index contributed by atoms with van der Waals surface area (Å²) in [7, 11) is 3.57. The third kappa shape index (κ3) is 2.47. The lowest BCUT2D eigenvalue weighted by Crippen LogP contribution is -2.29. The van der Waals surface area contributed by atoms with E-state index in [1.54, 1.807) is 18.0 Å². The van der Waals surface area contributed by atoms with Crippen LogP contribution in [-0.4, -0.2) is 16.9 Å². The Morgan fingerprint density at radius 2 is 2.11 bits per heavy atom. The van der Waals surface area contributed by atoms with Crippen molar-refractivity contribution in [1.29, 1.82) is 0 Å². The van der Waals surface area contributed by atoms with Gasteiger partial charge in [-0.25, -0.2) is 5.43 Å². The zero-order valence-corrected chi connectivity index (χ0v) is 11.8. The number of benzene rings is 1. The molecule has 0 aliphatic carbocycles. The largest absolute Gasteiger partial charge is 0.496 e. The van der Waals surface area contributed by atoms with Crippen LogP contribution in [0.2, 0.25) is 0 Å². The molecule has 1 aromatic heterocycles. The molecule has 3 N–H and O–H groups in total. The van der Waals surface area contributed by atoms with Crippen molar-refractivity contribution in [3.63, 3.8) is 0 Å². The molecule has 0 aliphatic rings. The maximum atomic E-state index is 5.72. The molecule has 1 atom stereocenters. The average Bonchev–Trinajstić information content (AvgIpc) is 2.81. The number of aryl methyl sites for hydroxylation is 2. The highest BCUT2D eigenvalue weighted by atomic mass is 16.5. The molecule has 0 saturated carbocycles. The number of rotatable bonds is 4. The summed E-state index contributed by atoms with van der Waals surface area (Å²) in [5.41, 5.74) is 7.18. The Morgan fingerprint density at radius 3 is 2.63 bits per heavy atom. The van der Waals surface area contributed by atoms with Crippen LogP contribution < -0.4 is 16.0 Å². The molecule has 0 amide bonds. The number of nitrogens with one attached hydrogen (secondary N) is 1. The predicted octanol–water partition coefficient (Wildman–Crippen LogP) is 1.60. The van der Waals surface area contributed by atoms with Crippen molar-refractivity contribution < 1.29 is 4.74 Å². The highest BCUT2D eigenvalue weighted by Crippen LogP contribution is 2.33. The maximum Gasteiger partial charge on any atom is 0.127 e. The minimum absolute atomic E-state index is 0.136. The maximum absolute atomic E-state index is 5.72. The minimum Gasteiger partial charge on any atom is -0.496 e. The van der Waals surface area contributed by atoms with E-state index < -0.39 is 0 Å². The molecule has 2 aromatic rings. The fourth-order valence-electron chi connectivity index (χ4n) is 2.26. The van der Waals surface area contributed by atoms with Gasteiger partial charge in [-0.15, -0.1) is 0 Å². The fourth-order valence-corrected chi connectivity index (χ4v) is 2.26. The van der Waals surface area contributed by atoms with Crippen molar-refractivity contribution in [1.82, 2.24) is 15.2 Å². The van der Waals surface area contributed by atoms with Crippen molar-refractivity contribution in [2.75, 3.05) is 7.11 Å². The van der Waals surface area contributed by atoms with Crippen LogP contribution in [0.3, 0.4) is 0 Å². The van der Waals surface area contributed by atoms with Crippen LogP contribution in [-0.2, 0) is 7.05 Å². The zero-order chi connectivity index (χ0) is 14.0. The van der Waals surface area contributed by atoms with Crippen LogP contribution in [0.15, 0.2) is 24.5 Å². The quantitative estimate of drug-likeness (QED) is 0.647. The van der Waals surface area contributed by atoms with Crippen LogP contribution in [0.25, 0.3) is 0 Å². The third-order valence-electron chi connectivity index (χ3n) is 3.45. The predicted molar refractivity (Wildman–Crippen MR) is 74.8 cm³/mol. The molecule has 2 rings (SSSR count). The van der Waals surface area contributed by atoms with Gasteiger partial charge < -0.3 is 4.74 Å². The molecule has 102 valence electrons. The lowest BCUT2D eigenvalue weighted by molar-refractivity contribution is 0.400. The third-order valence-corrected chi connectivity index (χ3v) is 3.45. The summed E-state index contributed by atoms with van der Waals surface area (Å²) >= 11 is 0. The normalized spacial score (nSPS) is 12.5. The molecule has 0 fully saturated rings. The second-order valence-electron chi connectivity index (χ2n) is 4.68. The van der Waals surface area contributed by atoms with Crippen molar-refractivity contribution in [3.8, 4) is 5.75 Å². The minimum atomic E-state index is -0.136. The van der Waals surface area contributed by atoms with Gasteiger partial charge in [-0.3, -0.25) is 10.5 Å². The monoisotopic (exact) mass is 260 g/mol. The lowest BCUT2D eigenvalue weighted by Gasteiger charge is -2.20. The highest BCUT2D eigenvalue weighted by molar-refractivity contribution is 5.49. The Morgan fingerprint density at radius 1 is 1.37 bits per heavy atom. The van der Waals surface area contributed by atoms with E-state index in [-0.39, 0.29) is 6.04 Å². The highest BCUT2D eigenvalue weighted by Gasteiger charge is 2.20. The summed E-state index contributed by atoms with van der Waals surface area (Å²) in [6.45, 7) is 4.12. The first-order valence-electron chi connectivity index (χ1n) is 6.17. The van der Waals surface area contributed by atoms with E-state index in [2.05, 4.69) is 30.4 Å². The zero-order valence-electron chi connectivity index (χ0n) is 11.8. The Hall–Kier alpha value is -1.85. The molecular weight excluding hydrogens is 240 g/mol. The van der Waals surface area contributed by atoms with Crippen molar-refractivity contribution >= 4 is 0 Å². The number of aromatic nitrogens is 2. The van der Waals surface area contributed by atoms with Gasteiger partial charge in [0.1, 0.15) is 5.75 Å². The number of ether oxygens (including phenoxy) is 1. The molecular formula is C14H20N4O. The Bertz CT molecular complexity index is 577. The first-order chi connectivity index (χ1) is 9.08. The van der Waals surface area contributed by atoms with Gasteiger partial charge in [0.2, 0.25) is 0 Å². The Labute approximate surface area is 113 Å². The number of hydrogen-bond donors (Lipinski definition) is 2. The van der Waals surface area contributed by atoms with Gasteiger partial charge in [0, 0.05) is 24.4 Å². The SMILES string of the molecule is COc1c(C(NN)c2cnn(C)c2)ccc(C)c1C. The second kappa shape index (κ2) is 5.42. The first-order valence-corrected chi connectivity index (χ1v) is 6.17. The summed E-state index contributed by atoms with van der Waals surface area (Å²) in [5, 5.41) is 4.19. The molecule has 5 heteroatoms. The summed E-state index contributed by atoms with van der Waals surface area (Å²) in [5.74, 6) is 6.58. The topological polar surface area (TPSA) is 65.1 Å². The molecule has 1 aromatic carbocycles. The molecule has 0 radical (unpaired) electrons. The summed E-state index contributed by atoms with van der Waals surface area (Å²) in [6.07, 6.45) is 3.75. The number of methoxy groups -OCH3 is 1. The number of hydrogen-bond acceptors (Lipinski definition) is 4. The second-order valence-corrected chi connectivity index (χ2v) is 4.68. The average molecular weight is 260 g/mol. The molecule has 19 heavy (non-hydrogen) atoms. The standard InChI is InChI=1S/C14H20N4O/c1-9-5-6-12(14(19-4)10(9)2)13(17-15)11-7-16-18(3)8-11/h5-8,13,17H,15H2,1-4H3. The van der Waals surface area contributed by atoms with E-state index >= 15 is 0 Å². The van der Waals surface area contributed by atoms with Crippen LogP contribution in [0.1, 0.15) is 28.3 Å². The number of hydrazine groups is 1. The fraction of sp³-hybridized carbons (Fsp3) is 0.357. The van der Waals surface area contributed by atoms with Gasteiger partial charge in [0.15, 0.2) is 0 Å². The van der Waals surface area contributed by atoms with E-state index in [0.717, 1.165) is 22.4 Å². The van der Waals surface area contributed by atoms with Crippen molar-refractivity contribution in [2.24, 2.45) is 12.9 Å². The summed E-state index contributed by atoms with van der Waals surface area (Å²) in [6, 6.07) is 3.98. The van der Waals surface area contributed by atoms with Crippen molar-refractivity contribution in [3.05, 3.63) is 46.8 Å². The van der Waals surface area contributed by atoms with Gasteiger partial charge in [-0.05, 0) is 25.0 Å². The molecule has 0 spiro atoms. The van der Waals surface area contributed by atoms with E-state index in [0.29, 0.717) is 0 Å². The van der Waals surface area contributed by atoms with Crippen LogP contribution in [0.5, 0.6) is 5.75 Å². The van der Waals surface area contributed by atoms with E-state index in [1.807, 2.05) is 19.3 Å². The number of nitrogens with zero attached hydrogens (tertiary/aromatic N) is 2. The Kier molecular flexibility index (Phi) is 3.87. The molecule has 0 saturated heterocycles. The summed E-state index contributed by atoms with van der Waals surface area (Å²) < 4.78 is 7.30. The van der Waals surface area contributed by atoms with Crippen molar-refractivity contribution in [2.45, 2.75) is 19.9 Å². The number of nitrogens with two attached hydrogens (primary N) is 1. The molecule has 0 bridgehead atoms. The van der Waals surface area contributed by atoms with E-state index in [9.17, 15) is 0 Å². The molecule has 1 unspecified atom stereocenters. The molecule has 1 heterocycles.